The van der Waals surface area contributed by atoms with Gasteiger partial charge in [0.05, 0.1) is 12.8 Å². The van der Waals surface area contributed by atoms with Gasteiger partial charge in [-0.05, 0) is 50.3 Å². The molecule has 2 aromatic rings. The van der Waals surface area contributed by atoms with Crippen molar-refractivity contribution in [3.63, 3.8) is 0 Å². The maximum absolute atomic E-state index is 11.6. The van der Waals surface area contributed by atoms with Crippen molar-refractivity contribution < 1.29 is 14.6 Å². The number of carboxylic acid groups (broad SMARTS) is 1. The van der Waals surface area contributed by atoms with Gasteiger partial charge in [0.1, 0.15) is 10.5 Å². The maximum atomic E-state index is 11.6. The number of para-hydroxylation sites is 1. The van der Waals surface area contributed by atoms with Gasteiger partial charge >= 0.3 is 5.97 Å². The quantitative estimate of drug-likeness (QED) is 0.372. The molecule has 6 heteroatoms. The lowest BCUT2D eigenvalue weighted by atomic mass is 9.81. The van der Waals surface area contributed by atoms with Crippen LogP contribution in [0.4, 0.5) is 11.4 Å². The minimum Gasteiger partial charge on any atom is -0.496 e. The van der Waals surface area contributed by atoms with Crippen LogP contribution < -0.4 is 9.64 Å². The molecule has 4 nitrogen and oxygen atoms in total. The van der Waals surface area contributed by atoms with Crippen LogP contribution in [0.5, 0.6) is 5.75 Å². The Kier molecular flexibility index (Phi) is 8.68. The average Bonchev–Trinajstić information content (AvgIpc) is 2.98. The number of benzene rings is 2. The van der Waals surface area contributed by atoms with Gasteiger partial charge in [-0.15, -0.1) is 23.5 Å². The summed E-state index contributed by atoms with van der Waals surface area (Å²) >= 11 is 3.38. The highest BCUT2D eigenvalue weighted by molar-refractivity contribution is 8.00. The molecule has 0 saturated heterocycles. The second-order valence-corrected chi connectivity index (χ2v) is 12.0. The first-order chi connectivity index (χ1) is 15.7. The summed E-state index contributed by atoms with van der Waals surface area (Å²) in [6, 6.07) is 15.0. The zero-order valence-corrected chi connectivity index (χ0v) is 22.2. The number of thioether (sulfide) groups is 2. The molecule has 1 aliphatic rings. The first-order valence-electron chi connectivity index (χ1n) is 11.8. The zero-order chi connectivity index (χ0) is 24.1. The number of ether oxygens (including phenoxy) is 1. The molecule has 1 unspecified atom stereocenters. The lowest BCUT2D eigenvalue weighted by molar-refractivity contribution is -0.138. The van der Waals surface area contributed by atoms with Crippen LogP contribution in [0.25, 0.3) is 0 Å². The number of aliphatic carboxylic acids is 1. The minimum absolute atomic E-state index is 0.239. The van der Waals surface area contributed by atoms with E-state index in [0.29, 0.717) is 5.75 Å². The van der Waals surface area contributed by atoms with Crippen LogP contribution >= 0.6 is 23.5 Å². The average molecular weight is 488 g/mol. The van der Waals surface area contributed by atoms with Crippen molar-refractivity contribution in [1.29, 1.82) is 0 Å². The molecule has 0 spiro atoms. The molecule has 0 radical (unpaired) electrons. The summed E-state index contributed by atoms with van der Waals surface area (Å²) in [6.45, 7) is 9.09. The van der Waals surface area contributed by atoms with Crippen LogP contribution in [0.1, 0.15) is 58.9 Å². The van der Waals surface area contributed by atoms with Gasteiger partial charge in [0, 0.05) is 40.3 Å². The topological polar surface area (TPSA) is 49.8 Å². The van der Waals surface area contributed by atoms with Crippen LogP contribution in [-0.4, -0.2) is 35.2 Å². The van der Waals surface area contributed by atoms with Crippen molar-refractivity contribution in [3.8, 4) is 5.75 Å². The van der Waals surface area contributed by atoms with Crippen molar-refractivity contribution in [3.05, 3.63) is 48.0 Å². The Morgan fingerprint density at radius 2 is 1.97 bits per heavy atom. The molecule has 0 fully saturated rings. The Bertz CT molecular complexity index is 948. The van der Waals surface area contributed by atoms with Crippen LogP contribution in [0.3, 0.4) is 0 Å². The molecule has 180 valence electrons. The predicted molar refractivity (Wildman–Crippen MR) is 142 cm³/mol. The number of hydrogen-bond acceptors (Lipinski definition) is 5. The lowest BCUT2D eigenvalue weighted by Gasteiger charge is -2.37. The molecule has 0 aromatic heterocycles. The van der Waals surface area contributed by atoms with Gasteiger partial charge in [-0.25, -0.2) is 0 Å². The summed E-state index contributed by atoms with van der Waals surface area (Å²) in [5, 5.41) is 9.53. The molecule has 1 aliphatic heterocycles. The van der Waals surface area contributed by atoms with Gasteiger partial charge in [0.2, 0.25) is 0 Å². The molecule has 1 N–H and O–H groups in total. The van der Waals surface area contributed by atoms with Crippen LogP contribution in [0, 0.1) is 5.41 Å². The van der Waals surface area contributed by atoms with Crippen molar-refractivity contribution in [2.75, 3.05) is 24.3 Å². The number of unbranched alkanes of at least 4 members (excludes halogenated alkanes) is 1. The number of fused-ring (bicyclic) bond motifs is 1. The molecule has 3 rings (SSSR count). The third kappa shape index (κ3) is 6.02. The van der Waals surface area contributed by atoms with E-state index in [1.807, 2.05) is 11.8 Å². The van der Waals surface area contributed by atoms with Gasteiger partial charge < -0.3 is 14.7 Å². The SMILES string of the molecule is CCCCC1(CC)CSc2cc(CSC(C)(C)C(=O)O)c(OC)cc2N(c2ccccc2)C1. The molecule has 2 aromatic carbocycles. The number of nitrogens with zero attached hydrogens (tertiary/aromatic N) is 1. The van der Waals surface area contributed by atoms with E-state index in [1.165, 1.54) is 47.3 Å². The summed E-state index contributed by atoms with van der Waals surface area (Å²) in [4.78, 5) is 15.3. The Hall–Kier alpha value is -1.79. The Morgan fingerprint density at radius 3 is 2.58 bits per heavy atom. The zero-order valence-electron chi connectivity index (χ0n) is 20.5. The maximum Gasteiger partial charge on any atom is 0.319 e. The minimum atomic E-state index is -0.849. The van der Waals surface area contributed by atoms with E-state index in [-0.39, 0.29) is 5.41 Å². The highest BCUT2D eigenvalue weighted by atomic mass is 32.2. The summed E-state index contributed by atoms with van der Waals surface area (Å²) in [6.07, 6.45) is 4.81. The van der Waals surface area contributed by atoms with Crippen molar-refractivity contribution in [1.82, 2.24) is 0 Å². The van der Waals surface area contributed by atoms with Gasteiger partial charge in [-0.2, -0.15) is 0 Å². The first kappa shape index (κ1) is 25.8. The molecule has 0 saturated carbocycles. The van der Waals surface area contributed by atoms with E-state index in [0.717, 1.165) is 30.0 Å². The van der Waals surface area contributed by atoms with Crippen LogP contribution in [-0.2, 0) is 10.5 Å². The van der Waals surface area contributed by atoms with Crippen molar-refractivity contribution in [2.24, 2.45) is 5.41 Å². The fourth-order valence-electron chi connectivity index (χ4n) is 4.17. The summed E-state index contributed by atoms with van der Waals surface area (Å²) in [5.41, 5.74) is 3.67. The Labute approximate surface area is 207 Å². The van der Waals surface area contributed by atoms with Crippen LogP contribution in [0.15, 0.2) is 47.4 Å². The molecule has 0 amide bonds. The molecular weight excluding hydrogens is 450 g/mol. The smallest absolute Gasteiger partial charge is 0.319 e. The molecule has 1 heterocycles. The normalized spacial score (nSPS) is 18.5. The third-order valence-electron chi connectivity index (χ3n) is 6.66. The van der Waals surface area contributed by atoms with Gasteiger partial charge in [0.15, 0.2) is 0 Å². The van der Waals surface area contributed by atoms with Crippen molar-refractivity contribution >= 4 is 40.9 Å². The van der Waals surface area contributed by atoms with E-state index in [4.69, 9.17) is 4.74 Å². The lowest BCUT2D eigenvalue weighted by Crippen LogP contribution is -2.35. The number of anilines is 2. The summed E-state index contributed by atoms with van der Waals surface area (Å²) in [5.74, 6) is 1.70. The second-order valence-electron chi connectivity index (χ2n) is 9.40. The van der Waals surface area contributed by atoms with E-state index in [1.54, 1.807) is 21.0 Å². The second kappa shape index (κ2) is 11.1. The highest BCUT2D eigenvalue weighted by Gasteiger charge is 2.36. The molecule has 0 bridgehead atoms. The number of methoxy groups -OCH3 is 1. The Morgan fingerprint density at radius 1 is 1.24 bits per heavy atom. The largest absolute Gasteiger partial charge is 0.496 e. The fraction of sp³-hybridized carbons (Fsp3) is 0.519. The van der Waals surface area contributed by atoms with Crippen LogP contribution in [0.2, 0.25) is 0 Å². The molecular formula is C27H37NO3S2. The Balaban J connectivity index is 2.04. The monoisotopic (exact) mass is 487 g/mol. The van der Waals surface area contributed by atoms with E-state index < -0.39 is 10.7 Å². The highest BCUT2D eigenvalue weighted by Crippen LogP contribution is 2.49. The van der Waals surface area contributed by atoms with Gasteiger partial charge in [-0.3, -0.25) is 4.79 Å². The van der Waals surface area contributed by atoms with E-state index in [2.05, 4.69) is 61.2 Å². The standard InChI is InChI=1S/C27H37NO3S2/c1-6-8-14-27(7-2)18-28(21-12-10-9-11-13-21)22-16-23(31-5)20(15-24(22)32-19-27)17-33-26(3,4)25(29)30/h9-13,15-16H,6-8,14,17-19H2,1-5H3,(H,29,30). The van der Waals surface area contributed by atoms with Crippen molar-refractivity contribution in [2.45, 2.75) is 68.8 Å². The molecule has 0 aliphatic carbocycles. The van der Waals surface area contributed by atoms with E-state index >= 15 is 0 Å². The van der Waals surface area contributed by atoms with Gasteiger partial charge in [-0.1, -0.05) is 44.9 Å². The summed E-state index contributed by atoms with van der Waals surface area (Å²) < 4.78 is 4.96. The fourth-order valence-corrected chi connectivity index (χ4v) is 6.48. The predicted octanol–water partition coefficient (Wildman–Crippen LogP) is 7.62. The number of hydrogen-bond donors (Lipinski definition) is 1. The number of rotatable bonds is 10. The van der Waals surface area contributed by atoms with E-state index in [9.17, 15) is 9.90 Å². The molecule has 33 heavy (non-hydrogen) atoms. The molecule has 1 atom stereocenters. The first-order valence-corrected chi connectivity index (χ1v) is 13.8. The summed E-state index contributed by atoms with van der Waals surface area (Å²) in [7, 11) is 1.70. The number of carboxylic acids is 1. The third-order valence-corrected chi connectivity index (χ3v) is 9.41. The van der Waals surface area contributed by atoms with Gasteiger partial charge in [0.25, 0.3) is 0 Å². The number of carbonyl (C=O) groups is 1.